The number of ether oxygens (including phenoxy) is 1. The van der Waals surface area contributed by atoms with Gasteiger partial charge in [-0.25, -0.2) is 4.79 Å². The van der Waals surface area contributed by atoms with E-state index in [2.05, 4.69) is 95.2 Å². The van der Waals surface area contributed by atoms with Crippen LogP contribution < -0.4 is 8.85 Å². The molecule has 1 aliphatic rings. The van der Waals surface area contributed by atoms with E-state index in [1.54, 1.807) is 11.8 Å². The van der Waals surface area contributed by atoms with Crippen LogP contribution in [0.25, 0.3) is 0 Å². The smallest absolute Gasteiger partial charge is 0.341 e. The van der Waals surface area contributed by atoms with E-state index in [-0.39, 0.29) is 35.0 Å². The van der Waals surface area contributed by atoms with E-state index in [0.29, 0.717) is 55.7 Å². The van der Waals surface area contributed by atoms with Gasteiger partial charge in [-0.1, -0.05) is 144 Å². The lowest BCUT2D eigenvalue weighted by Gasteiger charge is -2.44. The van der Waals surface area contributed by atoms with E-state index < -0.39 is 34.6 Å². The molecule has 0 spiro atoms. The Morgan fingerprint density at radius 2 is 1.30 bits per heavy atom. The van der Waals surface area contributed by atoms with Crippen molar-refractivity contribution in [2.24, 2.45) is 5.92 Å². The second-order valence-corrected chi connectivity index (χ2v) is 29.3. The van der Waals surface area contributed by atoms with Crippen LogP contribution in [0.5, 0.6) is 11.5 Å². The number of rotatable bonds is 17. The van der Waals surface area contributed by atoms with Crippen LogP contribution in [0.4, 0.5) is 0 Å². The molecule has 3 rings (SSSR count). The highest BCUT2D eigenvalue weighted by Gasteiger charge is 2.50. The SMILES string of the molecule is COC(=O)c1c(O[Si](C(C)C)(C(C)C)C(C)C)cc(O[Si](C(C)C)(C(C)C)C(C)C)c(C)c1C[C@@H](O)[C@H](C)C(=O)N1C(=S)SC[C@@H]1Cc1ccccc1. The zero-order valence-corrected chi connectivity index (χ0v) is 38.7. The third-order valence-electron chi connectivity index (χ3n) is 11.9. The molecule has 0 aliphatic carbocycles. The molecule has 1 fully saturated rings. The first-order chi connectivity index (χ1) is 24.7. The van der Waals surface area contributed by atoms with Crippen molar-refractivity contribution in [3.63, 3.8) is 0 Å². The highest BCUT2D eigenvalue weighted by molar-refractivity contribution is 8.23. The first-order valence-electron chi connectivity index (χ1n) is 19.5. The molecular weight excluding hydrogens is 735 g/mol. The summed E-state index contributed by atoms with van der Waals surface area (Å²) in [4.78, 5) is 29.9. The molecule has 1 saturated heterocycles. The van der Waals surface area contributed by atoms with Crippen LogP contribution in [-0.2, 0) is 22.4 Å². The van der Waals surface area contributed by atoms with Crippen molar-refractivity contribution < 1.29 is 28.3 Å². The number of hydrogen-bond acceptors (Lipinski definition) is 8. The van der Waals surface area contributed by atoms with E-state index in [1.807, 2.05) is 31.2 Å². The maximum atomic E-state index is 14.2. The number of aliphatic hydroxyl groups is 1. The van der Waals surface area contributed by atoms with Crippen molar-refractivity contribution in [3.8, 4) is 11.5 Å². The zero-order valence-electron chi connectivity index (χ0n) is 35.0. The summed E-state index contributed by atoms with van der Waals surface area (Å²) in [5.74, 6) is 0.279. The summed E-state index contributed by atoms with van der Waals surface area (Å²) in [5, 5.41) is 12.0. The monoisotopic (exact) mass is 801 g/mol. The predicted octanol–water partition coefficient (Wildman–Crippen LogP) is 10.9. The summed E-state index contributed by atoms with van der Waals surface area (Å²) in [6, 6.07) is 11.9. The van der Waals surface area contributed by atoms with Crippen LogP contribution >= 0.6 is 24.0 Å². The number of thiocarbonyl (C=S) groups is 1. The molecule has 1 aliphatic heterocycles. The molecule has 2 aromatic rings. The minimum Gasteiger partial charge on any atom is -0.542 e. The third-order valence-corrected chi connectivity index (χ3v) is 25.4. The van der Waals surface area contributed by atoms with Gasteiger partial charge in [0.05, 0.1) is 25.2 Å². The van der Waals surface area contributed by atoms with Gasteiger partial charge in [0.15, 0.2) is 0 Å². The number of aliphatic hydroxyl groups excluding tert-OH is 1. The van der Waals surface area contributed by atoms with Crippen molar-refractivity contribution in [2.75, 3.05) is 12.9 Å². The number of carbonyl (C=O) groups excluding carboxylic acids is 2. The summed E-state index contributed by atoms with van der Waals surface area (Å²) >= 11 is 7.20. The maximum Gasteiger partial charge on any atom is 0.341 e. The molecule has 0 unspecified atom stereocenters. The molecule has 296 valence electrons. The Morgan fingerprint density at radius 3 is 1.75 bits per heavy atom. The fourth-order valence-corrected chi connectivity index (χ4v) is 21.1. The molecule has 1 N–H and O–H groups in total. The van der Waals surface area contributed by atoms with Gasteiger partial charge in [0.1, 0.15) is 21.4 Å². The molecule has 53 heavy (non-hydrogen) atoms. The highest BCUT2D eigenvalue weighted by Crippen LogP contribution is 2.48. The lowest BCUT2D eigenvalue weighted by atomic mass is 9.90. The molecule has 3 atom stereocenters. The first kappa shape index (κ1) is 45.2. The van der Waals surface area contributed by atoms with Crippen LogP contribution in [0, 0.1) is 12.8 Å². The van der Waals surface area contributed by atoms with Crippen molar-refractivity contribution >= 4 is 56.8 Å². The third kappa shape index (κ3) is 9.27. The van der Waals surface area contributed by atoms with Gasteiger partial charge >= 0.3 is 5.97 Å². The largest absolute Gasteiger partial charge is 0.542 e. The quantitative estimate of drug-likeness (QED) is 0.0962. The topological polar surface area (TPSA) is 85.3 Å². The Labute approximate surface area is 332 Å². The summed E-state index contributed by atoms with van der Waals surface area (Å²) in [7, 11) is -3.67. The Morgan fingerprint density at radius 1 is 0.830 bits per heavy atom. The summed E-state index contributed by atoms with van der Waals surface area (Å²) in [5.41, 5.74) is 4.42. The second kappa shape index (κ2) is 18.6. The van der Waals surface area contributed by atoms with Gasteiger partial charge in [-0.05, 0) is 63.3 Å². The van der Waals surface area contributed by atoms with Gasteiger partial charge < -0.3 is 18.7 Å². The Bertz CT molecular complexity index is 1540. The Hall–Kier alpha value is -2.19. The summed E-state index contributed by atoms with van der Waals surface area (Å²) in [6.07, 6.45) is -0.412. The zero-order chi connectivity index (χ0) is 40.2. The molecule has 0 aromatic heterocycles. The average Bonchev–Trinajstić information content (AvgIpc) is 3.44. The van der Waals surface area contributed by atoms with Crippen LogP contribution in [0.15, 0.2) is 36.4 Å². The molecule has 7 nitrogen and oxygen atoms in total. The van der Waals surface area contributed by atoms with E-state index in [0.717, 1.165) is 11.1 Å². The van der Waals surface area contributed by atoms with E-state index in [1.165, 1.54) is 18.9 Å². The first-order valence-corrected chi connectivity index (χ1v) is 25.2. The van der Waals surface area contributed by atoms with Crippen molar-refractivity contribution in [3.05, 3.63) is 58.7 Å². The van der Waals surface area contributed by atoms with Gasteiger partial charge in [-0.15, -0.1) is 0 Å². The maximum absolute atomic E-state index is 14.2. The number of carbonyl (C=O) groups is 2. The summed E-state index contributed by atoms with van der Waals surface area (Å²) < 4.78 is 20.7. The van der Waals surface area contributed by atoms with Crippen LogP contribution in [0.3, 0.4) is 0 Å². The minimum atomic E-state index is -2.58. The fourth-order valence-electron chi connectivity index (χ4n) is 9.18. The number of thioether (sulfide) groups is 1. The fraction of sp³-hybridized carbons (Fsp3) is 0.643. The van der Waals surface area contributed by atoms with Gasteiger partial charge in [-0.2, -0.15) is 0 Å². The van der Waals surface area contributed by atoms with Gasteiger partial charge in [0.2, 0.25) is 5.91 Å². The highest BCUT2D eigenvalue weighted by atomic mass is 32.2. The predicted molar refractivity (Wildman–Crippen MR) is 231 cm³/mol. The van der Waals surface area contributed by atoms with Crippen LogP contribution in [0.2, 0.25) is 33.2 Å². The molecule has 1 heterocycles. The Kier molecular flexibility index (Phi) is 15.9. The molecule has 2 aromatic carbocycles. The molecule has 0 bridgehead atoms. The van der Waals surface area contributed by atoms with E-state index in [4.69, 9.17) is 25.8 Å². The summed E-state index contributed by atoms with van der Waals surface area (Å²) in [6.45, 7) is 30.5. The molecule has 11 heteroatoms. The van der Waals surface area contributed by atoms with E-state index >= 15 is 0 Å². The molecule has 1 amide bonds. The van der Waals surface area contributed by atoms with Gasteiger partial charge in [0, 0.05) is 18.2 Å². The van der Waals surface area contributed by atoms with Crippen LogP contribution in [0.1, 0.15) is 117 Å². The Balaban J connectivity index is 2.24. The second-order valence-electron chi connectivity index (χ2n) is 16.9. The molecular formula is C42H67NO6S2Si2. The number of nitrogens with zero attached hydrogens (tertiary/aromatic N) is 1. The number of esters is 1. The van der Waals surface area contributed by atoms with Gasteiger partial charge in [0.25, 0.3) is 16.6 Å². The molecule has 0 radical (unpaired) electrons. The average molecular weight is 802 g/mol. The standard InChI is InChI=1S/C42H67NO6S2Si2/c1-25(2)52(26(3)4,27(5)6)48-37-23-38(49-53(28(7)8,29(9)10)30(11)12)39(41(46)47-15)35(31(37)13)22-36(44)32(14)40(45)43-34(24-51-42(43)50)21-33-19-17-16-18-20-33/h16-20,23,25-30,32,34,36,44H,21-22,24H2,1-15H3/t32-,34-,36+/m0/s1. The number of benzene rings is 2. The van der Waals surface area contributed by atoms with E-state index in [9.17, 15) is 14.7 Å². The van der Waals surface area contributed by atoms with Crippen molar-refractivity contribution in [2.45, 2.75) is 155 Å². The minimum absolute atomic E-state index is 0.0347. The number of methoxy groups -OCH3 is 1. The molecule has 0 saturated carbocycles. The normalized spacial score (nSPS) is 16.8. The van der Waals surface area contributed by atoms with Gasteiger partial charge in [-0.3, -0.25) is 9.69 Å². The number of hydrogen-bond donors (Lipinski definition) is 1. The van der Waals surface area contributed by atoms with Crippen LogP contribution in [-0.4, -0.2) is 67.8 Å². The van der Waals surface area contributed by atoms with Crippen molar-refractivity contribution in [1.82, 2.24) is 4.90 Å². The van der Waals surface area contributed by atoms with Crippen molar-refractivity contribution in [1.29, 1.82) is 0 Å². The lowest BCUT2D eigenvalue weighted by Crippen LogP contribution is -2.51. The lowest BCUT2D eigenvalue weighted by molar-refractivity contribution is -0.135. The number of amides is 1.